The van der Waals surface area contributed by atoms with Gasteiger partial charge in [-0.3, -0.25) is 20.4 Å². The van der Waals surface area contributed by atoms with Crippen LogP contribution in [-0.2, 0) is 0 Å². The van der Waals surface area contributed by atoms with Gasteiger partial charge in [-0.2, -0.15) is 0 Å². The largest absolute Gasteiger partial charge is 0.491 e. The van der Waals surface area contributed by atoms with Gasteiger partial charge in [0.1, 0.15) is 11.4 Å². The van der Waals surface area contributed by atoms with Crippen molar-refractivity contribution >= 4 is 46.2 Å². The number of ether oxygens (including phenoxy) is 1. The molecule has 0 radical (unpaired) electrons. The second kappa shape index (κ2) is 12.0. The van der Waals surface area contributed by atoms with Crippen molar-refractivity contribution in [2.75, 3.05) is 18.4 Å². The SMILES string of the molecule is CC(C)Oc1ccc(C(=O)N2CCC(c3nc(C(=O)NNC(=S)Nc4ccccc4)cs3)CC2)cc1. The smallest absolute Gasteiger partial charge is 0.289 e. The Hall–Kier alpha value is -3.50. The maximum Gasteiger partial charge on any atom is 0.289 e. The highest BCUT2D eigenvalue weighted by molar-refractivity contribution is 7.80. The Morgan fingerprint density at radius 2 is 1.75 bits per heavy atom. The molecule has 0 unspecified atom stereocenters. The number of para-hydroxylation sites is 1. The number of piperidine rings is 1. The molecule has 2 amide bonds. The average Bonchev–Trinajstić information content (AvgIpc) is 3.38. The van der Waals surface area contributed by atoms with Crippen LogP contribution in [0.3, 0.4) is 0 Å². The number of thiazole rings is 1. The molecule has 36 heavy (non-hydrogen) atoms. The van der Waals surface area contributed by atoms with E-state index in [1.807, 2.05) is 73.3 Å². The van der Waals surface area contributed by atoms with Gasteiger partial charge in [0.25, 0.3) is 11.8 Å². The van der Waals surface area contributed by atoms with Gasteiger partial charge in [0.05, 0.1) is 11.1 Å². The van der Waals surface area contributed by atoms with Crippen LogP contribution in [0.5, 0.6) is 5.75 Å². The number of anilines is 1. The zero-order valence-electron chi connectivity index (χ0n) is 20.2. The second-order valence-corrected chi connectivity index (χ2v) is 10.0. The third-order valence-corrected chi connectivity index (χ3v) is 6.89. The van der Waals surface area contributed by atoms with E-state index in [-0.39, 0.29) is 28.9 Å². The van der Waals surface area contributed by atoms with Gasteiger partial charge in [-0.05, 0) is 75.3 Å². The Morgan fingerprint density at radius 3 is 2.42 bits per heavy atom. The molecule has 1 saturated heterocycles. The average molecular weight is 524 g/mol. The number of aromatic nitrogens is 1. The molecule has 1 aliphatic rings. The maximum absolute atomic E-state index is 12.9. The van der Waals surface area contributed by atoms with E-state index in [1.165, 1.54) is 11.3 Å². The minimum Gasteiger partial charge on any atom is -0.491 e. The molecule has 0 bridgehead atoms. The molecule has 2 heterocycles. The molecule has 2 aromatic carbocycles. The Morgan fingerprint density at radius 1 is 1.06 bits per heavy atom. The normalized spacial score (nSPS) is 13.8. The van der Waals surface area contributed by atoms with Gasteiger partial charge in [-0.15, -0.1) is 11.3 Å². The molecule has 188 valence electrons. The molecular weight excluding hydrogens is 494 g/mol. The zero-order chi connectivity index (χ0) is 25.5. The van der Waals surface area contributed by atoms with E-state index in [4.69, 9.17) is 17.0 Å². The summed E-state index contributed by atoms with van der Waals surface area (Å²) in [7, 11) is 0. The highest BCUT2D eigenvalue weighted by Crippen LogP contribution is 2.31. The van der Waals surface area contributed by atoms with Crippen molar-refractivity contribution in [2.45, 2.75) is 38.7 Å². The van der Waals surface area contributed by atoms with E-state index in [1.54, 1.807) is 5.38 Å². The fourth-order valence-electron chi connectivity index (χ4n) is 3.90. The first-order chi connectivity index (χ1) is 17.4. The van der Waals surface area contributed by atoms with Crippen LogP contribution < -0.4 is 20.9 Å². The van der Waals surface area contributed by atoms with Gasteiger partial charge in [-0.1, -0.05) is 18.2 Å². The van der Waals surface area contributed by atoms with Crippen molar-refractivity contribution in [1.82, 2.24) is 20.7 Å². The Bertz CT molecular complexity index is 1190. The van der Waals surface area contributed by atoms with E-state index in [0.29, 0.717) is 24.3 Å². The van der Waals surface area contributed by atoms with Crippen LogP contribution >= 0.6 is 23.6 Å². The highest BCUT2D eigenvalue weighted by Gasteiger charge is 2.27. The summed E-state index contributed by atoms with van der Waals surface area (Å²) in [4.78, 5) is 31.8. The molecular formula is C26H29N5O3S2. The summed E-state index contributed by atoms with van der Waals surface area (Å²) in [6, 6.07) is 16.7. The first-order valence-corrected chi connectivity index (χ1v) is 13.1. The summed E-state index contributed by atoms with van der Waals surface area (Å²) in [5.41, 5.74) is 7.10. The van der Waals surface area contributed by atoms with Crippen LogP contribution in [0.1, 0.15) is 58.5 Å². The quantitative estimate of drug-likeness (QED) is 0.322. The number of thiocarbonyl (C=S) groups is 1. The lowest BCUT2D eigenvalue weighted by atomic mass is 9.97. The molecule has 8 nitrogen and oxygen atoms in total. The standard InChI is InChI=1S/C26H29N5O3S2/c1-17(2)34-21-10-8-19(9-11-21)25(33)31-14-12-18(13-15-31)24-28-22(16-36-24)23(32)29-30-26(35)27-20-6-4-3-5-7-20/h3-11,16-18H,12-15H2,1-2H3,(H,29,32)(H2,27,30,35). The van der Waals surface area contributed by atoms with E-state index in [9.17, 15) is 9.59 Å². The summed E-state index contributed by atoms with van der Waals surface area (Å²) in [5.74, 6) is 0.645. The Balaban J connectivity index is 1.25. The number of likely N-dealkylation sites (tertiary alicyclic amines) is 1. The number of nitrogens with zero attached hydrogens (tertiary/aromatic N) is 2. The summed E-state index contributed by atoms with van der Waals surface area (Å²) in [6.07, 6.45) is 1.70. The predicted molar refractivity (Wildman–Crippen MR) is 145 cm³/mol. The highest BCUT2D eigenvalue weighted by atomic mass is 32.1. The maximum atomic E-state index is 12.9. The van der Waals surface area contributed by atoms with Crippen LogP contribution in [0.25, 0.3) is 0 Å². The van der Waals surface area contributed by atoms with Crippen molar-refractivity contribution in [2.24, 2.45) is 0 Å². The number of carbonyl (C=O) groups excluding carboxylic acids is 2. The van der Waals surface area contributed by atoms with Crippen molar-refractivity contribution in [1.29, 1.82) is 0 Å². The number of amides is 2. The third kappa shape index (κ3) is 6.79. The molecule has 1 fully saturated rings. The summed E-state index contributed by atoms with van der Waals surface area (Å²) < 4.78 is 5.65. The van der Waals surface area contributed by atoms with Crippen LogP contribution in [0, 0.1) is 0 Å². The van der Waals surface area contributed by atoms with Crippen molar-refractivity contribution in [3.05, 3.63) is 76.2 Å². The molecule has 4 rings (SSSR count). The lowest BCUT2D eigenvalue weighted by Crippen LogP contribution is -2.43. The predicted octanol–water partition coefficient (Wildman–Crippen LogP) is 4.58. The minimum atomic E-state index is -0.354. The molecule has 0 atom stereocenters. The monoisotopic (exact) mass is 523 g/mol. The number of rotatable bonds is 6. The molecule has 10 heteroatoms. The molecule has 3 N–H and O–H groups in total. The molecule has 3 aromatic rings. The Labute approximate surface area is 220 Å². The first-order valence-electron chi connectivity index (χ1n) is 11.8. The van der Waals surface area contributed by atoms with E-state index >= 15 is 0 Å². The van der Waals surface area contributed by atoms with Crippen molar-refractivity contribution < 1.29 is 14.3 Å². The molecule has 1 aromatic heterocycles. The van der Waals surface area contributed by atoms with Crippen molar-refractivity contribution in [3.8, 4) is 5.75 Å². The van der Waals surface area contributed by atoms with Gasteiger partial charge in [0, 0.05) is 35.6 Å². The van der Waals surface area contributed by atoms with Crippen LogP contribution in [0.4, 0.5) is 5.69 Å². The van der Waals surface area contributed by atoms with Crippen LogP contribution in [0.15, 0.2) is 60.0 Å². The molecule has 0 spiro atoms. The van der Waals surface area contributed by atoms with Gasteiger partial charge in [0.15, 0.2) is 5.11 Å². The molecule has 1 aliphatic heterocycles. The summed E-state index contributed by atoms with van der Waals surface area (Å²) in [5, 5.41) is 5.93. The van der Waals surface area contributed by atoms with Gasteiger partial charge in [0.2, 0.25) is 0 Å². The number of benzene rings is 2. The lowest BCUT2D eigenvalue weighted by molar-refractivity contribution is 0.0713. The number of hydrogen-bond acceptors (Lipinski definition) is 6. The number of nitrogens with one attached hydrogen (secondary N) is 3. The lowest BCUT2D eigenvalue weighted by Gasteiger charge is -2.31. The van der Waals surface area contributed by atoms with Gasteiger partial charge in [-0.25, -0.2) is 4.98 Å². The molecule has 0 saturated carbocycles. The second-order valence-electron chi connectivity index (χ2n) is 8.73. The fraction of sp³-hybridized carbons (Fsp3) is 0.308. The zero-order valence-corrected chi connectivity index (χ0v) is 21.8. The summed E-state index contributed by atoms with van der Waals surface area (Å²) >= 11 is 6.68. The van der Waals surface area contributed by atoms with E-state index < -0.39 is 0 Å². The number of hydrogen-bond donors (Lipinski definition) is 3. The topological polar surface area (TPSA) is 95.6 Å². The van der Waals surface area contributed by atoms with Gasteiger partial charge < -0.3 is 15.0 Å². The van der Waals surface area contributed by atoms with Crippen molar-refractivity contribution in [3.63, 3.8) is 0 Å². The number of carbonyl (C=O) groups is 2. The van der Waals surface area contributed by atoms with E-state index in [0.717, 1.165) is 29.3 Å². The van der Waals surface area contributed by atoms with Crippen LogP contribution in [0.2, 0.25) is 0 Å². The first kappa shape index (κ1) is 25.6. The minimum absolute atomic E-state index is 0.0231. The Kier molecular flexibility index (Phi) is 8.50. The summed E-state index contributed by atoms with van der Waals surface area (Å²) in [6.45, 7) is 5.24. The number of hydrazine groups is 1. The fourth-order valence-corrected chi connectivity index (χ4v) is 5.04. The van der Waals surface area contributed by atoms with Crippen LogP contribution in [-0.4, -0.2) is 46.0 Å². The van der Waals surface area contributed by atoms with Gasteiger partial charge >= 0.3 is 0 Å². The van der Waals surface area contributed by atoms with E-state index in [2.05, 4.69) is 21.2 Å². The third-order valence-electron chi connectivity index (χ3n) is 5.68. The molecule has 0 aliphatic carbocycles.